The average molecular weight is 279 g/mol. The molecule has 1 atom stereocenters. The number of rotatable bonds is 3. The highest BCUT2D eigenvalue weighted by molar-refractivity contribution is 7.71. The van der Waals surface area contributed by atoms with Crippen LogP contribution in [0.3, 0.4) is 0 Å². The number of aromatic amines is 1. The molecule has 2 aromatic rings. The molecule has 0 aliphatic heterocycles. The third-order valence-electron chi connectivity index (χ3n) is 3.06. The highest BCUT2D eigenvalue weighted by atomic mass is 32.1. The maximum Gasteiger partial charge on any atom is 0.329 e. The summed E-state index contributed by atoms with van der Waals surface area (Å²) < 4.78 is 7.11. The van der Waals surface area contributed by atoms with Gasteiger partial charge in [-0.15, -0.1) is 0 Å². The first kappa shape index (κ1) is 13.7. The van der Waals surface area contributed by atoms with Crippen molar-refractivity contribution in [3.63, 3.8) is 0 Å². The Labute approximate surface area is 116 Å². The van der Waals surface area contributed by atoms with Gasteiger partial charge in [0, 0.05) is 5.69 Å². The van der Waals surface area contributed by atoms with E-state index in [0.29, 0.717) is 10.4 Å². The van der Waals surface area contributed by atoms with Crippen LogP contribution in [0.15, 0.2) is 12.1 Å². The fourth-order valence-electron chi connectivity index (χ4n) is 2.15. The van der Waals surface area contributed by atoms with Gasteiger partial charge < -0.3 is 9.72 Å². The number of H-pyrrole nitrogens is 1. The lowest BCUT2D eigenvalue weighted by Crippen LogP contribution is -2.26. The molecule has 2 heterocycles. The summed E-state index contributed by atoms with van der Waals surface area (Å²) in [7, 11) is 1.38. The highest BCUT2D eigenvalue weighted by Crippen LogP contribution is 2.24. The number of nitrogens with one attached hydrogen (secondary N) is 1. The van der Waals surface area contributed by atoms with Gasteiger partial charge in [-0.1, -0.05) is 13.8 Å². The molecule has 0 spiro atoms. The number of methoxy groups -OCH3 is 1. The fourth-order valence-corrected chi connectivity index (χ4v) is 2.46. The van der Waals surface area contributed by atoms with Crippen LogP contribution in [0.4, 0.5) is 0 Å². The molecule has 2 aromatic heterocycles. The van der Waals surface area contributed by atoms with E-state index in [9.17, 15) is 4.79 Å². The topological polar surface area (TPSA) is 59.9 Å². The van der Waals surface area contributed by atoms with Crippen molar-refractivity contribution >= 4 is 29.4 Å². The van der Waals surface area contributed by atoms with Gasteiger partial charge in [-0.25, -0.2) is 9.78 Å². The third-order valence-corrected chi connectivity index (χ3v) is 3.35. The first-order valence-corrected chi connectivity index (χ1v) is 6.52. The average Bonchev–Trinajstić information content (AvgIpc) is 2.66. The van der Waals surface area contributed by atoms with Crippen LogP contribution in [0.5, 0.6) is 0 Å². The molecule has 0 saturated heterocycles. The summed E-state index contributed by atoms with van der Waals surface area (Å²) in [5.74, 6) is -0.254. The number of carbonyl (C=O) groups is 1. The minimum Gasteiger partial charge on any atom is -0.467 e. The van der Waals surface area contributed by atoms with Gasteiger partial charge in [0.1, 0.15) is 6.04 Å². The molecule has 102 valence electrons. The Kier molecular flexibility index (Phi) is 3.71. The molecule has 1 unspecified atom stereocenters. The van der Waals surface area contributed by atoms with Gasteiger partial charge in [-0.05, 0) is 37.2 Å². The van der Waals surface area contributed by atoms with Crippen LogP contribution in [0.25, 0.3) is 11.2 Å². The number of aryl methyl sites for hydroxylation is 1. The van der Waals surface area contributed by atoms with E-state index in [2.05, 4.69) is 9.97 Å². The number of esters is 1. The Morgan fingerprint density at radius 2 is 2.16 bits per heavy atom. The lowest BCUT2D eigenvalue weighted by atomic mass is 10.0. The number of imidazole rings is 1. The Hall–Kier alpha value is -1.69. The maximum atomic E-state index is 12.0. The fraction of sp³-hybridized carbons (Fsp3) is 0.462. The molecule has 0 aromatic carbocycles. The number of ether oxygens (including phenoxy) is 1. The zero-order valence-corrected chi connectivity index (χ0v) is 12.2. The largest absolute Gasteiger partial charge is 0.467 e. The van der Waals surface area contributed by atoms with Crippen LogP contribution in [0, 0.1) is 17.6 Å². The van der Waals surface area contributed by atoms with Gasteiger partial charge in [-0.2, -0.15) is 0 Å². The summed E-state index contributed by atoms with van der Waals surface area (Å²) in [6, 6.07) is 3.35. The molecular formula is C13H17N3O2S. The van der Waals surface area contributed by atoms with Crippen molar-refractivity contribution in [3.05, 3.63) is 22.6 Å². The van der Waals surface area contributed by atoms with Crippen LogP contribution < -0.4 is 0 Å². The highest BCUT2D eigenvalue weighted by Gasteiger charge is 2.27. The van der Waals surface area contributed by atoms with Gasteiger partial charge in [0.05, 0.1) is 12.6 Å². The molecule has 5 nitrogen and oxygen atoms in total. The molecule has 0 saturated carbocycles. The molecule has 0 radical (unpaired) electrons. The standard InChI is InChI=1S/C13H17N3O2S/c1-7(2)10(12(17)18-4)16-11-9(15-13(16)19)6-5-8(3)14-11/h5-7,10H,1-4H3,(H,15,19). The molecule has 0 aliphatic rings. The van der Waals surface area contributed by atoms with E-state index in [-0.39, 0.29) is 11.9 Å². The van der Waals surface area contributed by atoms with Crippen molar-refractivity contribution < 1.29 is 9.53 Å². The van der Waals surface area contributed by atoms with Crippen LogP contribution in [0.2, 0.25) is 0 Å². The predicted molar refractivity (Wildman–Crippen MR) is 75.5 cm³/mol. The number of pyridine rings is 1. The number of fused-ring (bicyclic) bond motifs is 1. The van der Waals surface area contributed by atoms with Crippen molar-refractivity contribution in [1.29, 1.82) is 0 Å². The summed E-state index contributed by atoms with van der Waals surface area (Å²) in [6.07, 6.45) is 0. The van der Waals surface area contributed by atoms with E-state index in [4.69, 9.17) is 17.0 Å². The Morgan fingerprint density at radius 1 is 1.47 bits per heavy atom. The molecule has 19 heavy (non-hydrogen) atoms. The Morgan fingerprint density at radius 3 is 2.74 bits per heavy atom. The molecule has 0 bridgehead atoms. The summed E-state index contributed by atoms with van der Waals surface area (Å²) in [5.41, 5.74) is 2.39. The van der Waals surface area contributed by atoms with Crippen molar-refractivity contribution in [2.75, 3.05) is 7.11 Å². The minimum atomic E-state index is -0.472. The lowest BCUT2D eigenvalue weighted by Gasteiger charge is -2.20. The van der Waals surface area contributed by atoms with Crippen LogP contribution in [0.1, 0.15) is 25.6 Å². The zero-order valence-electron chi connectivity index (χ0n) is 11.4. The number of hydrogen-bond acceptors (Lipinski definition) is 4. The van der Waals surface area contributed by atoms with Crippen LogP contribution in [-0.2, 0) is 9.53 Å². The second kappa shape index (κ2) is 5.13. The number of carbonyl (C=O) groups excluding carboxylic acids is 1. The van der Waals surface area contributed by atoms with Crippen LogP contribution in [-0.4, -0.2) is 27.6 Å². The molecular weight excluding hydrogens is 262 g/mol. The van der Waals surface area contributed by atoms with Crippen molar-refractivity contribution in [2.45, 2.75) is 26.8 Å². The molecule has 0 amide bonds. The molecule has 0 fully saturated rings. The number of hydrogen-bond donors (Lipinski definition) is 1. The Balaban J connectivity index is 2.72. The number of aromatic nitrogens is 3. The lowest BCUT2D eigenvalue weighted by molar-refractivity contribution is -0.145. The maximum absolute atomic E-state index is 12.0. The van der Waals surface area contributed by atoms with Crippen molar-refractivity contribution in [2.24, 2.45) is 5.92 Å². The molecule has 0 aliphatic carbocycles. The molecule has 6 heteroatoms. The smallest absolute Gasteiger partial charge is 0.329 e. The quantitative estimate of drug-likeness (QED) is 0.693. The SMILES string of the molecule is COC(=O)C(C(C)C)n1c(=S)[nH]c2ccc(C)nc21. The van der Waals surface area contributed by atoms with E-state index in [1.165, 1.54) is 7.11 Å². The van der Waals surface area contributed by atoms with Gasteiger partial charge in [0.15, 0.2) is 10.4 Å². The van der Waals surface area contributed by atoms with Crippen LogP contribution >= 0.6 is 12.2 Å². The first-order valence-electron chi connectivity index (χ1n) is 6.11. The van der Waals surface area contributed by atoms with Gasteiger partial charge >= 0.3 is 5.97 Å². The summed E-state index contributed by atoms with van der Waals surface area (Å²) in [6.45, 7) is 5.82. The predicted octanol–water partition coefficient (Wildman–Crippen LogP) is 2.77. The summed E-state index contributed by atoms with van der Waals surface area (Å²) in [5, 5.41) is 0. The number of nitrogens with zero attached hydrogens (tertiary/aromatic N) is 2. The van der Waals surface area contributed by atoms with Gasteiger partial charge in [0.2, 0.25) is 0 Å². The van der Waals surface area contributed by atoms with Crippen molar-refractivity contribution in [3.8, 4) is 0 Å². The third kappa shape index (κ3) is 2.40. The normalized spacial score (nSPS) is 12.9. The van der Waals surface area contributed by atoms with E-state index < -0.39 is 6.04 Å². The monoisotopic (exact) mass is 279 g/mol. The van der Waals surface area contributed by atoms with E-state index in [0.717, 1.165) is 11.2 Å². The summed E-state index contributed by atoms with van der Waals surface area (Å²) in [4.78, 5) is 19.6. The van der Waals surface area contributed by atoms with E-state index in [1.54, 1.807) is 4.57 Å². The van der Waals surface area contributed by atoms with E-state index >= 15 is 0 Å². The second-order valence-electron chi connectivity index (χ2n) is 4.84. The molecule has 2 rings (SSSR count). The first-order chi connectivity index (χ1) is 8.95. The van der Waals surface area contributed by atoms with Gasteiger partial charge in [0.25, 0.3) is 0 Å². The van der Waals surface area contributed by atoms with Gasteiger partial charge in [-0.3, -0.25) is 4.57 Å². The summed E-state index contributed by atoms with van der Waals surface area (Å²) >= 11 is 5.32. The van der Waals surface area contributed by atoms with Crippen molar-refractivity contribution in [1.82, 2.24) is 14.5 Å². The Bertz CT molecular complexity index is 672. The van der Waals surface area contributed by atoms with E-state index in [1.807, 2.05) is 32.9 Å². The minimum absolute atomic E-state index is 0.0560. The molecule has 1 N–H and O–H groups in total. The second-order valence-corrected chi connectivity index (χ2v) is 5.22. The zero-order chi connectivity index (χ0) is 14.2.